The first kappa shape index (κ1) is 29.0. The first-order chi connectivity index (χ1) is 21.5. The van der Waals surface area contributed by atoms with E-state index in [1.165, 1.54) is 11.1 Å². The minimum absolute atomic E-state index is 0.462. The maximum Gasteiger partial charge on any atom is 0.488 e. The molecule has 0 fully saturated rings. The molecule has 1 aliphatic carbocycles. The lowest BCUT2D eigenvalue weighted by atomic mass is 9.79. The van der Waals surface area contributed by atoms with Crippen molar-refractivity contribution in [2.45, 2.75) is 20.3 Å². The second kappa shape index (κ2) is 13.0. The van der Waals surface area contributed by atoms with E-state index in [0.29, 0.717) is 11.3 Å². The number of allylic oxidation sites excluding steroid dienone is 10. The zero-order chi connectivity index (χ0) is 30.5. The quantitative estimate of drug-likeness (QED) is 0.153. The van der Waals surface area contributed by atoms with Gasteiger partial charge in [0.25, 0.3) is 0 Å². The van der Waals surface area contributed by atoms with Crippen molar-refractivity contribution in [1.29, 1.82) is 0 Å². The third-order valence-corrected chi connectivity index (χ3v) is 7.96. The summed E-state index contributed by atoms with van der Waals surface area (Å²) < 4.78 is 0. The topological polar surface area (TPSA) is 66.2 Å². The van der Waals surface area contributed by atoms with Crippen molar-refractivity contribution >= 4 is 28.9 Å². The predicted octanol–water partition coefficient (Wildman–Crippen LogP) is 8.10. The van der Waals surface area contributed by atoms with Gasteiger partial charge in [-0.2, -0.15) is 0 Å². The molecule has 214 valence electrons. The summed E-state index contributed by atoms with van der Waals surface area (Å²) in [5.74, 6) is 0.675. The van der Waals surface area contributed by atoms with Crippen LogP contribution in [0.25, 0.3) is 50.1 Å². The largest absolute Gasteiger partial charge is 0.488 e. The summed E-state index contributed by atoms with van der Waals surface area (Å²) in [6.45, 7) is 4.21. The Morgan fingerprint density at radius 3 is 2.18 bits per heavy atom. The number of nitrogens with zero attached hydrogens (tertiary/aromatic N) is 2. The number of aromatic nitrogens is 2. The molecule has 4 nitrogen and oxygen atoms in total. The number of rotatable bonds is 7. The fraction of sp³-hybridized carbons (Fsp3) is 0.0769. The van der Waals surface area contributed by atoms with Crippen LogP contribution in [-0.4, -0.2) is 27.1 Å². The lowest BCUT2D eigenvalue weighted by molar-refractivity contribution is 0.426. The van der Waals surface area contributed by atoms with Gasteiger partial charge in [0.15, 0.2) is 5.82 Å². The summed E-state index contributed by atoms with van der Waals surface area (Å²) in [5.41, 5.74) is 9.72. The highest BCUT2D eigenvalue weighted by molar-refractivity contribution is 6.58. The highest BCUT2D eigenvalue weighted by Crippen LogP contribution is 2.36. The van der Waals surface area contributed by atoms with Gasteiger partial charge < -0.3 is 10.0 Å². The van der Waals surface area contributed by atoms with Crippen LogP contribution in [0.2, 0.25) is 0 Å². The maximum atomic E-state index is 9.56. The molecular weight excluding hydrogens is 539 g/mol. The van der Waals surface area contributed by atoms with Gasteiger partial charge in [0.2, 0.25) is 0 Å². The molecule has 5 heteroatoms. The lowest BCUT2D eigenvalue weighted by Crippen LogP contribution is -2.29. The van der Waals surface area contributed by atoms with Crippen LogP contribution >= 0.6 is 0 Å². The molecule has 2 N–H and O–H groups in total. The zero-order valence-electron chi connectivity index (χ0n) is 24.9. The summed E-state index contributed by atoms with van der Waals surface area (Å²) in [4.78, 5) is 10.2. The Bertz CT molecular complexity index is 1970. The Hall–Kier alpha value is -5.10. The molecule has 0 bridgehead atoms. The molecule has 1 aliphatic rings. The lowest BCUT2D eigenvalue weighted by Gasteiger charge is -2.15. The highest BCUT2D eigenvalue weighted by atomic mass is 16.4. The smallest absolute Gasteiger partial charge is 0.423 e. The number of fused-ring (bicyclic) bond motifs is 1. The molecule has 0 aliphatic heterocycles. The zero-order valence-corrected chi connectivity index (χ0v) is 24.9. The van der Waals surface area contributed by atoms with Crippen molar-refractivity contribution in [3.63, 3.8) is 0 Å². The first-order valence-corrected chi connectivity index (χ1v) is 14.8. The van der Waals surface area contributed by atoms with Gasteiger partial charge in [0, 0.05) is 11.1 Å². The molecule has 0 radical (unpaired) electrons. The van der Waals surface area contributed by atoms with Crippen LogP contribution in [-0.2, 0) is 0 Å². The van der Waals surface area contributed by atoms with Gasteiger partial charge >= 0.3 is 7.12 Å². The Morgan fingerprint density at radius 1 is 0.750 bits per heavy atom. The molecule has 0 spiro atoms. The van der Waals surface area contributed by atoms with Gasteiger partial charge in [-0.05, 0) is 76.5 Å². The third kappa shape index (κ3) is 6.16. The highest BCUT2D eigenvalue weighted by Gasteiger charge is 2.16. The van der Waals surface area contributed by atoms with E-state index in [2.05, 4.69) is 86.7 Å². The van der Waals surface area contributed by atoms with Crippen LogP contribution in [0.3, 0.4) is 0 Å². The van der Waals surface area contributed by atoms with Gasteiger partial charge in [-0.1, -0.05) is 127 Å². The molecule has 5 aromatic rings. The van der Waals surface area contributed by atoms with Crippen molar-refractivity contribution in [3.8, 4) is 33.8 Å². The summed E-state index contributed by atoms with van der Waals surface area (Å²) in [5, 5.41) is 21.3. The minimum atomic E-state index is -1.49. The molecule has 0 saturated heterocycles. The van der Waals surface area contributed by atoms with Gasteiger partial charge in [-0.3, -0.25) is 0 Å². The fourth-order valence-electron chi connectivity index (χ4n) is 5.56. The molecule has 0 atom stereocenters. The average Bonchev–Trinajstić information content (AvgIpc) is 3.37. The van der Waals surface area contributed by atoms with Crippen molar-refractivity contribution in [1.82, 2.24) is 9.97 Å². The molecule has 0 amide bonds. The fourth-order valence-corrected chi connectivity index (χ4v) is 5.56. The van der Waals surface area contributed by atoms with Crippen molar-refractivity contribution < 1.29 is 10.0 Å². The third-order valence-electron chi connectivity index (χ3n) is 7.96. The average molecular weight is 573 g/mol. The van der Waals surface area contributed by atoms with E-state index in [0.717, 1.165) is 56.4 Å². The molecule has 0 unspecified atom stereocenters. The van der Waals surface area contributed by atoms with Crippen LogP contribution in [0.15, 0.2) is 151 Å². The SMILES string of the molecule is C/C=C(\C=C(/C)C1=CC=CC=CC1)c1cc(-c2ccc(-c3ccc(B(O)O)cc3)c3ccccc23)nc(-c2ccccc2)n1. The molecule has 6 rings (SSSR count). The summed E-state index contributed by atoms with van der Waals surface area (Å²) in [6, 6.07) is 32.1. The van der Waals surface area contributed by atoms with Crippen molar-refractivity contribution in [2.75, 3.05) is 0 Å². The molecule has 1 heterocycles. The minimum Gasteiger partial charge on any atom is -0.423 e. The van der Waals surface area contributed by atoms with E-state index in [1.807, 2.05) is 54.6 Å². The van der Waals surface area contributed by atoms with Crippen LogP contribution in [0.1, 0.15) is 26.0 Å². The van der Waals surface area contributed by atoms with E-state index in [1.54, 1.807) is 12.1 Å². The van der Waals surface area contributed by atoms with E-state index >= 15 is 0 Å². The number of hydrogen-bond donors (Lipinski definition) is 2. The van der Waals surface area contributed by atoms with Crippen LogP contribution < -0.4 is 5.46 Å². The van der Waals surface area contributed by atoms with E-state index in [-0.39, 0.29) is 0 Å². The van der Waals surface area contributed by atoms with E-state index < -0.39 is 7.12 Å². The number of hydrogen-bond acceptors (Lipinski definition) is 4. The molecular formula is C39H33BN2O2. The van der Waals surface area contributed by atoms with Crippen molar-refractivity contribution in [2.24, 2.45) is 0 Å². The van der Waals surface area contributed by atoms with E-state index in [4.69, 9.17) is 9.97 Å². The van der Waals surface area contributed by atoms with Crippen LogP contribution in [0.5, 0.6) is 0 Å². The molecule has 1 aromatic heterocycles. The first-order valence-electron chi connectivity index (χ1n) is 14.8. The van der Waals surface area contributed by atoms with Crippen LogP contribution in [0, 0.1) is 0 Å². The van der Waals surface area contributed by atoms with Gasteiger partial charge in [-0.15, -0.1) is 0 Å². The predicted molar refractivity (Wildman–Crippen MR) is 184 cm³/mol. The molecule has 44 heavy (non-hydrogen) atoms. The van der Waals surface area contributed by atoms with Gasteiger partial charge in [0.05, 0.1) is 11.4 Å². The van der Waals surface area contributed by atoms with Crippen molar-refractivity contribution in [3.05, 3.63) is 156 Å². The Kier molecular flexibility index (Phi) is 8.60. The Morgan fingerprint density at radius 2 is 1.45 bits per heavy atom. The second-order valence-corrected chi connectivity index (χ2v) is 10.8. The van der Waals surface area contributed by atoms with Gasteiger partial charge in [0.1, 0.15) is 0 Å². The summed E-state index contributed by atoms with van der Waals surface area (Å²) in [6.07, 6.45) is 15.8. The Labute approximate surface area is 258 Å². The van der Waals surface area contributed by atoms with Gasteiger partial charge in [-0.25, -0.2) is 9.97 Å². The Balaban J connectivity index is 1.50. The number of benzene rings is 4. The summed E-state index contributed by atoms with van der Waals surface area (Å²) in [7, 11) is -1.49. The van der Waals surface area contributed by atoms with E-state index in [9.17, 15) is 10.0 Å². The maximum absolute atomic E-state index is 9.56. The standard InChI is InChI=1S/C39H33BN2O2/c1-3-28(25-27(2)29-13-7-4-5-8-14-29)37-26-38(42-39(41-37)31-15-9-6-10-16-31)36-24-23-33(34-17-11-12-18-35(34)36)30-19-21-32(22-20-30)40(43)44/h3-13,15-26,43-44H,14H2,1-2H3/b27-25+,28-3+. The molecule has 4 aromatic carbocycles. The van der Waals surface area contributed by atoms with Crippen LogP contribution in [0.4, 0.5) is 0 Å². The summed E-state index contributed by atoms with van der Waals surface area (Å²) >= 11 is 0. The molecule has 0 saturated carbocycles. The normalized spacial score (nSPS) is 13.6. The second-order valence-electron chi connectivity index (χ2n) is 10.8. The monoisotopic (exact) mass is 572 g/mol.